The van der Waals surface area contributed by atoms with Crippen LogP contribution in [0.5, 0.6) is 0 Å². The van der Waals surface area contributed by atoms with Crippen molar-refractivity contribution in [2.24, 2.45) is 11.8 Å². The molecule has 1 saturated heterocycles. The van der Waals surface area contributed by atoms with E-state index in [9.17, 15) is 4.39 Å². The van der Waals surface area contributed by atoms with Gasteiger partial charge in [-0.2, -0.15) is 4.39 Å². The van der Waals surface area contributed by atoms with Crippen molar-refractivity contribution >= 4 is 5.69 Å². The second-order valence-corrected chi connectivity index (χ2v) is 5.38. The van der Waals surface area contributed by atoms with Crippen molar-refractivity contribution in [3.8, 4) is 0 Å². The van der Waals surface area contributed by atoms with Crippen LogP contribution in [-0.4, -0.2) is 18.1 Å². The highest BCUT2D eigenvalue weighted by atomic mass is 19.1. The van der Waals surface area contributed by atoms with Crippen LogP contribution < -0.4 is 4.90 Å². The number of hydrogen-bond acceptors (Lipinski definition) is 2. The zero-order valence-electron chi connectivity index (χ0n) is 10.1. The lowest BCUT2D eigenvalue weighted by molar-refractivity contribution is 0.202. The smallest absolute Gasteiger partial charge is 0.214 e. The van der Waals surface area contributed by atoms with Crippen LogP contribution in [-0.2, 0) is 0 Å². The van der Waals surface area contributed by atoms with E-state index in [0.717, 1.165) is 30.6 Å². The molecule has 2 aliphatic rings. The van der Waals surface area contributed by atoms with E-state index in [4.69, 9.17) is 0 Å². The second kappa shape index (κ2) is 4.63. The van der Waals surface area contributed by atoms with Gasteiger partial charge in [-0.1, -0.05) is 19.3 Å². The number of nitrogens with zero attached hydrogens (tertiary/aromatic N) is 2. The number of pyridine rings is 1. The fraction of sp³-hybridized carbons (Fsp3) is 0.643. The summed E-state index contributed by atoms with van der Waals surface area (Å²) in [5, 5.41) is 0. The van der Waals surface area contributed by atoms with E-state index >= 15 is 0 Å². The molecule has 2 fully saturated rings. The number of piperidine rings is 1. The highest BCUT2D eigenvalue weighted by Crippen LogP contribution is 2.37. The zero-order chi connectivity index (χ0) is 11.7. The SMILES string of the molecule is Fc1cc(N2CCC3CCCCC3C2)ccn1. The van der Waals surface area contributed by atoms with Gasteiger partial charge in [0.25, 0.3) is 0 Å². The highest BCUT2D eigenvalue weighted by molar-refractivity contribution is 5.45. The van der Waals surface area contributed by atoms with Crippen molar-refractivity contribution in [3.63, 3.8) is 0 Å². The predicted molar refractivity (Wildman–Crippen MR) is 66.5 cm³/mol. The van der Waals surface area contributed by atoms with Crippen molar-refractivity contribution in [3.05, 3.63) is 24.3 Å². The molecule has 3 rings (SSSR count). The first-order valence-electron chi connectivity index (χ1n) is 6.69. The molecule has 0 N–H and O–H groups in total. The summed E-state index contributed by atoms with van der Waals surface area (Å²) >= 11 is 0. The quantitative estimate of drug-likeness (QED) is 0.693. The highest BCUT2D eigenvalue weighted by Gasteiger charge is 2.31. The van der Waals surface area contributed by atoms with Gasteiger partial charge < -0.3 is 4.90 Å². The van der Waals surface area contributed by atoms with Crippen LogP contribution in [0.2, 0.25) is 0 Å². The third kappa shape index (κ3) is 2.28. The minimum absolute atomic E-state index is 0.367. The third-order valence-corrected chi connectivity index (χ3v) is 4.37. The molecule has 1 aromatic heterocycles. The second-order valence-electron chi connectivity index (χ2n) is 5.38. The van der Waals surface area contributed by atoms with Gasteiger partial charge in [0, 0.05) is 31.0 Å². The summed E-state index contributed by atoms with van der Waals surface area (Å²) in [6, 6.07) is 3.48. The van der Waals surface area contributed by atoms with E-state index in [1.165, 1.54) is 32.1 Å². The Morgan fingerprint density at radius 2 is 2.00 bits per heavy atom. The average Bonchev–Trinajstić information content (AvgIpc) is 2.38. The number of hydrogen-bond donors (Lipinski definition) is 0. The predicted octanol–water partition coefficient (Wildman–Crippen LogP) is 3.24. The van der Waals surface area contributed by atoms with E-state index in [1.54, 1.807) is 12.3 Å². The Bertz CT molecular complexity index is 394. The summed E-state index contributed by atoms with van der Waals surface area (Å²) in [7, 11) is 0. The third-order valence-electron chi connectivity index (χ3n) is 4.37. The lowest BCUT2D eigenvalue weighted by Gasteiger charge is -2.42. The molecule has 1 aromatic rings. The van der Waals surface area contributed by atoms with Crippen LogP contribution in [0.15, 0.2) is 18.3 Å². The molecule has 3 heteroatoms. The number of fused-ring (bicyclic) bond motifs is 1. The summed E-state index contributed by atoms with van der Waals surface area (Å²) < 4.78 is 13.1. The molecular weight excluding hydrogens is 215 g/mol. The first kappa shape index (κ1) is 11.0. The van der Waals surface area contributed by atoms with Crippen LogP contribution in [0.25, 0.3) is 0 Å². The number of aromatic nitrogens is 1. The summed E-state index contributed by atoms with van der Waals surface area (Å²) in [6.45, 7) is 2.18. The molecule has 0 bridgehead atoms. The van der Waals surface area contributed by atoms with E-state index in [-0.39, 0.29) is 5.95 Å². The Morgan fingerprint density at radius 1 is 1.18 bits per heavy atom. The van der Waals surface area contributed by atoms with E-state index < -0.39 is 0 Å². The van der Waals surface area contributed by atoms with E-state index in [1.807, 2.05) is 6.07 Å². The molecule has 92 valence electrons. The molecule has 2 atom stereocenters. The normalized spacial score (nSPS) is 28.9. The van der Waals surface area contributed by atoms with Crippen molar-refractivity contribution in [2.75, 3.05) is 18.0 Å². The average molecular weight is 234 g/mol. The van der Waals surface area contributed by atoms with Gasteiger partial charge in [-0.3, -0.25) is 0 Å². The molecule has 0 spiro atoms. The first-order valence-corrected chi connectivity index (χ1v) is 6.69. The van der Waals surface area contributed by atoms with Crippen LogP contribution in [0.3, 0.4) is 0 Å². The van der Waals surface area contributed by atoms with Crippen LogP contribution in [0, 0.1) is 17.8 Å². The first-order chi connectivity index (χ1) is 8.33. The lowest BCUT2D eigenvalue weighted by Crippen LogP contribution is -2.41. The summed E-state index contributed by atoms with van der Waals surface area (Å²) in [5.74, 6) is 1.38. The van der Waals surface area contributed by atoms with Gasteiger partial charge in [-0.05, 0) is 30.7 Å². The molecule has 2 heterocycles. The minimum atomic E-state index is -0.367. The zero-order valence-corrected chi connectivity index (χ0v) is 10.1. The lowest BCUT2D eigenvalue weighted by atomic mass is 9.75. The number of rotatable bonds is 1. The summed E-state index contributed by atoms with van der Waals surface area (Å²) in [4.78, 5) is 5.95. The molecule has 0 aromatic carbocycles. The number of halogens is 1. The molecule has 2 unspecified atom stereocenters. The van der Waals surface area contributed by atoms with Gasteiger partial charge >= 0.3 is 0 Å². The minimum Gasteiger partial charge on any atom is -0.371 e. The Hall–Kier alpha value is -1.12. The molecule has 0 radical (unpaired) electrons. The molecule has 1 aliphatic carbocycles. The van der Waals surface area contributed by atoms with Crippen LogP contribution >= 0.6 is 0 Å². The summed E-state index contributed by atoms with van der Waals surface area (Å²) in [6.07, 6.45) is 8.38. The molecule has 1 saturated carbocycles. The Kier molecular flexibility index (Phi) is 3.00. The standard InChI is InChI=1S/C14H19FN2/c15-14-9-13(5-7-16-14)17-8-6-11-3-1-2-4-12(11)10-17/h5,7,9,11-12H,1-4,6,8,10H2. The van der Waals surface area contributed by atoms with Crippen LogP contribution in [0.1, 0.15) is 32.1 Å². The maximum atomic E-state index is 13.1. The van der Waals surface area contributed by atoms with E-state index in [0.29, 0.717) is 0 Å². The van der Waals surface area contributed by atoms with Crippen molar-refractivity contribution in [1.82, 2.24) is 4.98 Å². The topological polar surface area (TPSA) is 16.1 Å². The summed E-state index contributed by atoms with van der Waals surface area (Å²) in [5.41, 5.74) is 1.00. The largest absolute Gasteiger partial charge is 0.371 e. The van der Waals surface area contributed by atoms with Gasteiger partial charge in [0.1, 0.15) is 0 Å². The maximum Gasteiger partial charge on any atom is 0.214 e. The van der Waals surface area contributed by atoms with Gasteiger partial charge in [0.2, 0.25) is 5.95 Å². The fourth-order valence-corrected chi connectivity index (χ4v) is 3.42. The molecule has 2 nitrogen and oxygen atoms in total. The van der Waals surface area contributed by atoms with Gasteiger partial charge in [0.15, 0.2) is 0 Å². The van der Waals surface area contributed by atoms with Crippen molar-refractivity contribution < 1.29 is 4.39 Å². The molecule has 17 heavy (non-hydrogen) atoms. The van der Waals surface area contributed by atoms with Crippen molar-refractivity contribution in [2.45, 2.75) is 32.1 Å². The fourth-order valence-electron chi connectivity index (χ4n) is 3.42. The maximum absolute atomic E-state index is 13.1. The van der Waals surface area contributed by atoms with Gasteiger partial charge in [-0.15, -0.1) is 0 Å². The monoisotopic (exact) mass is 234 g/mol. The number of anilines is 1. The Balaban J connectivity index is 1.73. The molecule has 1 aliphatic heterocycles. The Labute approximate surface area is 102 Å². The van der Waals surface area contributed by atoms with Gasteiger partial charge in [0.05, 0.1) is 0 Å². The van der Waals surface area contributed by atoms with Crippen LogP contribution in [0.4, 0.5) is 10.1 Å². The van der Waals surface area contributed by atoms with Gasteiger partial charge in [-0.25, -0.2) is 4.98 Å². The molecule has 0 amide bonds. The van der Waals surface area contributed by atoms with Crippen molar-refractivity contribution in [1.29, 1.82) is 0 Å². The Morgan fingerprint density at radius 3 is 2.82 bits per heavy atom. The molecular formula is C14H19FN2. The van der Waals surface area contributed by atoms with E-state index in [2.05, 4.69) is 9.88 Å².